The summed E-state index contributed by atoms with van der Waals surface area (Å²) in [5.74, 6) is 2.44. The fourth-order valence-electron chi connectivity index (χ4n) is 12.8. The third-order valence-electron chi connectivity index (χ3n) is 15.6. The zero-order valence-corrected chi connectivity index (χ0v) is 30.7. The summed E-state index contributed by atoms with van der Waals surface area (Å²) in [5.41, 5.74) is 3.26. The molecule has 5 aliphatic carbocycles. The lowest BCUT2D eigenvalue weighted by atomic mass is 9.33. The number of fused-ring (bicyclic) bond motifs is 9. The molecule has 4 nitrogen and oxygen atoms in total. The first kappa shape index (κ1) is 33.2. The second-order valence-electron chi connectivity index (χ2n) is 19.1. The van der Waals surface area contributed by atoms with Crippen LogP contribution in [0.25, 0.3) is 0 Å². The summed E-state index contributed by atoms with van der Waals surface area (Å²) >= 11 is 0. The van der Waals surface area contributed by atoms with Crippen molar-refractivity contribution >= 4 is 0 Å². The van der Waals surface area contributed by atoms with Gasteiger partial charge in [0.15, 0.2) is 5.79 Å². The van der Waals surface area contributed by atoms with E-state index < -0.39 is 5.79 Å². The zero-order valence-electron chi connectivity index (χ0n) is 30.7. The summed E-state index contributed by atoms with van der Waals surface area (Å²) in [6, 6.07) is 10.2. The number of hydrogen-bond acceptors (Lipinski definition) is 4. The van der Waals surface area contributed by atoms with E-state index >= 15 is 0 Å². The molecule has 256 valence electrons. The van der Waals surface area contributed by atoms with Crippen molar-refractivity contribution in [3.05, 3.63) is 42.0 Å². The van der Waals surface area contributed by atoms with Crippen molar-refractivity contribution in [2.75, 3.05) is 19.8 Å². The molecule has 10 atom stereocenters. The average molecular weight is 633 g/mol. The first-order chi connectivity index (χ1) is 21.6. The van der Waals surface area contributed by atoms with E-state index in [-0.39, 0.29) is 21.7 Å². The van der Waals surface area contributed by atoms with E-state index in [9.17, 15) is 0 Å². The van der Waals surface area contributed by atoms with Crippen LogP contribution in [0.15, 0.2) is 42.0 Å². The number of hydrogen-bond donors (Lipinski definition) is 0. The molecular formula is C42H64O4. The summed E-state index contributed by atoms with van der Waals surface area (Å²) in [6.45, 7) is 24.8. The van der Waals surface area contributed by atoms with Crippen LogP contribution in [0.5, 0.6) is 5.75 Å². The van der Waals surface area contributed by atoms with Crippen LogP contribution >= 0.6 is 0 Å². The van der Waals surface area contributed by atoms with E-state index in [4.69, 9.17) is 18.9 Å². The molecule has 0 amide bonds. The van der Waals surface area contributed by atoms with Crippen molar-refractivity contribution in [1.29, 1.82) is 0 Å². The lowest BCUT2D eigenvalue weighted by Gasteiger charge is -2.72. The van der Waals surface area contributed by atoms with E-state index in [1.54, 1.807) is 0 Å². The lowest BCUT2D eigenvalue weighted by Crippen LogP contribution is -2.68. The molecule has 2 unspecified atom stereocenters. The molecule has 0 bridgehead atoms. The Morgan fingerprint density at radius 3 is 2.28 bits per heavy atom. The van der Waals surface area contributed by atoms with Crippen LogP contribution in [0.2, 0.25) is 0 Å². The van der Waals surface area contributed by atoms with Gasteiger partial charge in [-0.2, -0.15) is 0 Å². The number of para-hydroxylation sites is 1. The van der Waals surface area contributed by atoms with Crippen LogP contribution in [0, 0.1) is 50.2 Å². The Morgan fingerprint density at radius 2 is 1.52 bits per heavy atom. The third-order valence-corrected chi connectivity index (χ3v) is 15.6. The molecule has 7 rings (SSSR count). The van der Waals surface area contributed by atoms with Crippen molar-refractivity contribution < 1.29 is 18.9 Å². The monoisotopic (exact) mass is 632 g/mol. The molecule has 1 heterocycles. The van der Waals surface area contributed by atoms with Gasteiger partial charge in [0.1, 0.15) is 5.75 Å². The molecular weight excluding hydrogens is 568 g/mol. The highest BCUT2D eigenvalue weighted by atomic mass is 16.7. The maximum Gasteiger partial charge on any atom is 0.163 e. The average Bonchev–Trinajstić information content (AvgIpc) is 2.99. The highest BCUT2D eigenvalue weighted by molar-refractivity contribution is 5.34. The van der Waals surface area contributed by atoms with Gasteiger partial charge in [0, 0.05) is 17.3 Å². The Hall–Kier alpha value is -1.36. The predicted molar refractivity (Wildman–Crippen MR) is 186 cm³/mol. The summed E-state index contributed by atoms with van der Waals surface area (Å²) in [7, 11) is 0. The van der Waals surface area contributed by atoms with E-state index in [0.29, 0.717) is 47.4 Å². The largest absolute Gasteiger partial charge is 0.494 e. The van der Waals surface area contributed by atoms with Crippen LogP contribution in [-0.4, -0.2) is 37.8 Å². The second-order valence-corrected chi connectivity index (χ2v) is 19.1. The molecule has 4 saturated carbocycles. The molecule has 1 aromatic carbocycles. The van der Waals surface area contributed by atoms with Crippen molar-refractivity contribution in [2.45, 2.75) is 145 Å². The van der Waals surface area contributed by atoms with Gasteiger partial charge in [0.25, 0.3) is 0 Å². The normalized spacial score (nSPS) is 47.2. The predicted octanol–water partition coefficient (Wildman–Crippen LogP) is 10.4. The quantitative estimate of drug-likeness (QED) is 0.231. The minimum atomic E-state index is -0.461. The van der Waals surface area contributed by atoms with Gasteiger partial charge in [-0.1, -0.05) is 78.3 Å². The van der Waals surface area contributed by atoms with Gasteiger partial charge in [0.05, 0.1) is 32.0 Å². The Morgan fingerprint density at radius 1 is 0.761 bits per heavy atom. The molecule has 1 aromatic rings. The van der Waals surface area contributed by atoms with E-state index in [1.807, 2.05) is 35.9 Å². The summed E-state index contributed by atoms with van der Waals surface area (Å²) in [5, 5.41) is 0. The number of ether oxygens (including phenoxy) is 4. The van der Waals surface area contributed by atoms with Crippen LogP contribution in [0.1, 0.15) is 127 Å². The van der Waals surface area contributed by atoms with E-state index in [2.05, 4.69) is 68.4 Å². The summed E-state index contributed by atoms with van der Waals surface area (Å²) in [4.78, 5) is 0. The molecule has 4 heteroatoms. The van der Waals surface area contributed by atoms with Crippen molar-refractivity contribution in [2.24, 2.45) is 50.2 Å². The summed E-state index contributed by atoms with van der Waals surface area (Å²) < 4.78 is 26.0. The molecule has 1 saturated heterocycles. The molecule has 6 aliphatic rings. The smallest absolute Gasteiger partial charge is 0.163 e. The number of allylic oxidation sites excluding steroid dienone is 2. The molecule has 5 fully saturated rings. The number of benzene rings is 1. The van der Waals surface area contributed by atoms with Crippen molar-refractivity contribution in [3.8, 4) is 5.75 Å². The minimum absolute atomic E-state index is 0.101. The Balaban J connectivity index is 1.12. The van der Waals surface area contributed by atoms with Crippen LogP contribution in [0.3, 0.4) is 0 Å². The molecule has 0 radical (unpaired) electrons. The highest BCUT2D eigenvalue weighted by Gasteiger charge is 2.70. The first-order valence-electron chi connectivity index (χ1n) is 18.9. The van der Waals surface area contributed by atoms with Gasteiger partial charge < -0.3 is 18.9 Å². The third kappa shape index (κ3) is 5.00. The van der Waals surface area contributed by atoms with Crippen LogP contribution < -0.4 is 4.74 Å². The van der Waals surface area contributed by atoms with Gasteiger partial charge >= 0.3 is 0 Å². The Kier molecular flexibility index (Phi) is 7.98. The van der Waals surface area contributed by atoms with Gasteiger partial charge in [-0.15, -0.1) is 0 Å². The zero-order chi connectivity index (χ0) is 32.8. The molecule has 1 aliphatic heterocycles. The minimum Gasteiger partial charge on any atom is -0.494 e. The van der Waals surface area contributed by atoms with Gasteiger partial charge in [-0.05, 0) is 123 Å². The lowest BCUT2D eigenvalue weighted by molar-refractivity contribution is -0.351. The molecule has 0 aromatic heterocycles. The second kappa shape index (κ2) is 11.1. The Bertz CT molecular complexity index is 1320. The van der Waals surface area contributed by atoms with Crippen LogP contribution in [-0.2, 0) is 14.2 Å². The van der Waals surface area contributed by atoms with Crippen molar-refractivity contribution in [3.63, 3.8) is 0 Å². The summed E-state index contributed by atoms with van der Waals surface area (Å²) in [6.07, 6.45) is 15.7. The maximum absolute atomic E-state index is 6.91. The van der Waals surface area contributed by atoms with Crippen LogP contribution in [0.4, 0.5) is 0 Å². The van der Waals surface area contributed by atoms with E-state index in [0.717, 1.165) is 31.8 Å². The fraction of sp³-hybridized carbons (Fsp3) is 0.810. The van der Waals surface area contributed by atoms with Gasteiger partial charge in [0.2, 0.25) is 0 Å². The SMILES string of the molecule is CC1(C)C[C@@H](OCCCOc2ccccc2)[C@]2(C)CC[C@]3(C)C(=CCC4[C@@]5(C)CC[C@@H]6OC(C)(C)OC[C@]6(C)C5CC[C@]43C)[C@@H]2C1. The maximum atomic E-state index is 6.91. The Labute approximate surface area is 280 Å². The topological polar surface area (TPSA) is 36.9 Å². The fourth-order valence-corrected chi connectivity index (χ4v) is 12.8. The van der Waals surface area contributed by atoms with Gasteiger partial charge in [-0.3, -0.25) is 0 Å². The van der Waals surface area contributed by atoms with E-state index in [1.165, 1.54) is 51.4 Å². The van der Waals surface area contributed by atoms with Crippen molar-refractivity contribution in [1.82, 2.24) is 0 Å². The molecule has 0 spiro atoms. The molecule has 0 N–H and O–H groups in total. The standard InChI is InChI=1S/C42H64O4/c1-36(2)26-31-30-16-17-33-39(6)20-19-34-40(7,28-45-37(3,4)46-34)32(39)18-21-42(33,9)41(30,8)23-22-38(31,5)35(27-36)44-25-13-24-43-29-14-11-10-12-15-29/h10-12,14-16,31-35H,13,17-28H2,1-9H3/t31-,32?,33?,34-,35+,38+,39-,40+,41+,42+/m0/s1. The molecule has 46 heavy (non-hydrogen) atoms. The van der Waals surface area contributed by atoms with Gasteiger partial charge in [-0.25, -0.2) is 0 Å². The first-order valence-corrected chi connectivity index (χ1v) is 18.9. The number of rotatable bonds is 6. The highest BCUT2D eigenvalue weighted by Crippen LogP contribution is 2.76.